The summed E-state index contributed by atoms with van der Waals surface area (Å²) in [4.78, 5) is 11.2. The first-order valence-corrected chi connectivity index (χ1v) is 4.65. The molecule has 0 atom stereocenters. The summed E-state index contributed by atoms with van der Waals surface area (Å²) in [5, 5.41) is 2.92. The molecule has 0 aromatic heterocycles. The fraction of sp³-hybridized carbons (Fsp3) is 0.364. The molecule has 0 bridgehead atoms. The lowest BCUT2D eigenvalue weighted by Crippen LogP contribution is -2.09. The highest BCUT2D eigenvalue weighted by atomic mass is 16.1. The van der Waals surface area contributed by atoms with Crippen LogP contribution in [0.4, 0.5) is 5.69 Å². The number of rotatable bonds is 0. The Bertz CT molecular complexity index is 344. The zero-order chi connectivity index (χ0) is 9.26. The zero-order valence-corrected chi connectivity index (χ0v) is 7.76. The number of hydrogen-bond donors (Lipinski definition) is 1. The Morgan fingerprint density at radius 1 is 1.31 bits per heavy atom. The highest BCUT2D eigenvalue weighted by Gasteiger charge is 2.11. The molecule has 0 unspecified atom stereocenters. The molecule has 2 rings (SSSR count). The van der Waals surface area contributed by atoms with Gasteiger partial charge in [0.15, 0.2) is 0 Å². The van der Waals surface area contributed by atoms with Crippen LogP contribution in [0, 0.1) is 6.92 Å². The van der Waals surface area contributed by atoms with Crippen LogP contribution in [0.1, 0.15) is 24.0 Å². The van der Waals surface area contributed by atoms with Gasteiger partial charge in [0.2, 0.25) is 5.91 Å². The Hall–Kier alpha value is -1.31. The lowest BCUT2D eigenvalue weighted by Gasteiger charge is -2.06. The Balaban J connectivity index is 2.40. The predicted octanol–water partition coefficient (Wildman–Crippen LogP) is 2.27. The second-order valence-corrected chi connectivity index (χ2v) is 3.56. The van der Waals surface area contributed by atoms with Gasteiger partial charge < -0.3 is 5.32 Å². The maximum atomic E-state index is 11.2. The number of aryl methyl sites for hydroxylation is 2. The third-order valence-corrected chi connectivity index (χ3v) is 2.39. The molecule has 13 heavy (non-hydrogen) atoms. The van der Waals surface area contributed by atoms with Crippen molar-refractivity contribution in [3.8, 4) is 0 Å². The van der Waals surface area contributed by atoms with Crippen molar-refractivity contribution in [3.05, 3.63) is 29.3 Å². The Morgan fingerprint density at radius 3 is 3.00 bits per heavy atom. The topological polar surface area (TPSA) is 29.1 Å². The summed E-state index contributed by atoms with van der Waals surface area (Å²) in [5.74, 6) is 0.143. The molecule has 1 heterocycles. The van der Waals surface area contributed by atoms with E-state index >= 15 is 0 Å². The summed E-state index contributed by atoms with van der Waals surface area (Å²) >= 11 is 0. The normalized spacial score (nSPS) is 15.9. The quantitative estimate of drug-likeness (QED) is 0.644. The number of carbonyl (C=O) groups excluding carboxylic acids is 1. The van der Waals surface area contributed by atoms with Crippen LogP contribution >= 0.6 is 0 Å². The van der Waals surface area contributed by atoms with Gasteiger partial charge in [0.1, 0.15) is 0 Å². The molecule has 0 spiro atoms. The molecule has 0 saturated heterocycles. The number of amides is 1. The van der Waals surface area contributed by atoms with Gasteiger partial charge in [-0.15, -0.1) is 0 Å². The average Bonchev–Trinajstić information content (AvgIpc) is 2.25. The van der Waals surface area contributed by atoms with Crippen LogP contribution in [0.2, 0.25) is 0 Å². The van der Waals surface area contributed by atoms with Crippen LogP contribution in [-0.4, -0.2) is 5.91 Å². The number of fused-ring (bicyclic) bond motifs is 1. The fourth-order valence-electron chi connectivity index (χ4n) is 1.68. The first-order valence-electron chi connectivity index (χ1n) is 4.65. The van der Waals surface area contributed by atoms with Gasteiger partial charge in [-0.2, -0.15) is 0 Å². The van der Waals surface area contributed by atoms with Crippen LogP contribution in [0.3, 0.4) is 0 Å². The molecule has 1 amide bonds. The van der Waals surface area contributed by atoms with Gasteiger partial charge in [0.25, 0.3) is 0 Å². The van der Waals surface area contributed by atoms with Crippen LogP contribution in [0.25, 0.3) is 0 Å². The predicted molar refractivity (Wildman–Crippen MR) is 52.7 cm³/mol. The minimum Gasteiger partial charge on any atom is -0.326 e. The van der Waals surface area contributed by atoms with Gasteiger partial charge in [0, 0.05) is 12.1 Å². The second-order valence-electron chi connectivity index (χ2n) is 3.56. The minimum atomic E-state index is 0.143. The minimum absolute atomic E-state index is 0.143. The van der Waals surface area contributed by atoms with Gasteiger partial charge in [-0.05, 0) is 37.0 Å². The van der Waals surface area contributed by atoms with Crippen molar-refractivity contribution in [1.82, 2.24) is 0 Å². The van der Waals surface area contributed by atoms with Crippen molar-refractivity contribution in [3.63, 3.8) is 0 Å². The summed E-state index contributed by atoms with van der Waals surface area (Å²) in [6.45, 7) is 2.04. The molecule has 0 saturated carbocycles. The van der Waals surface area contributed by atoms with Gasteiger partial charge >= 0.3 is 0 Å². The molecule has 1 aromatic rings. The van der Waals surface area contributed by atoms with E-state index in [2.05, 4.69) is 17.4 Å². The van der Waals surface area contributed by atoms with Crippen molar-refractivity contribution >= 4 is 11.6 Å². The molecule has 0 aliphatic carbocycles. The van der Waals surface area contributed by atoms with Crippen LogP contribution < -0.4 is 5.32 Å². The van der Waals surface area contributed by atoms with Gasteiger partial charge in [-0.1, -0.05) is 12.1 Å². The molecule has 2 nitrogen and oxygen atoms in total. The molecule has 1 N–H and O–H groups in total. The van der Waals surface area contributed by atoms with Crippen molar-refractivity contribution in [1.29, 1.82) is 0 Å². The van der Waals surface area contributed by atoms with Gasteiger partial charge in [-0.25, -0.2) is 0 Å². The van der Waals surface area contributed by atoms with Crippen LogP contribution in [0.5, 0.6) is 0 Å². The summed E-state index contributed by atoms with van der Waals surface area (Å²) in [6, 6.07) is 6.24. The van der Waals surface area contributed by atoms with Gasteiger partial charge in [-0.3, -0.25) is 4.79 Å². The first-order chi connectivity index (χ1) is 6.25. The second kappa shape index (κ2) is 3.21. The Kier molecular flexibility index (Phi) is 2.05. The number of nitrogens with one attached hydrogen (secondary N) is 1. The molecule has 0 fully saturated rings. The maximum absolute atomic E-state index is 11.2. The van der Waals surface area contributed by atoms with E-state index in [1.807, 2.05) is 13.0 Å². The Morgan fingerprint density at radius 2 is 2.15 bits per heavy atom. The molecular weight excluding hydrogens is 162 g/mol. The maximum Gasteiger partial charge on any atom is 0.224 e. The molecule has 0 radical (unpaired) electrons. The summed E-state index contributed by atoms with van der Waals surface area (Å²) in [5.41, 5.74) is 3.46. The lowest BCUT2D eigenvalue weighted by molar-refractivity contribution is -0.116. The number of anilines is 1. The van der Waals surface area contributed by atoms with E-state index in [0.717, 1.165) is 18.5 Å². The van der Waals surface area contributed by atoms with Crippen molar-refractivity contribution in [2.45, 2.75) is 26.2 Å². The Labute approximate surface area is 78.0 Å². The van der Waals surface area contributed by atoms with Crippen molar-refractivity contribution < 1.29 is 4.79 Å². The standard InChI is InChI=1S/C11H13NO/c1-8-5-6-9-3-2-4-11(13)12-10(9)7-8/h5-7H,2-4H2,1H3,(H,12,13). The fourth-order valence-corrected chi connectivity index (χ4v) is 1.68. The molecule has 1 aromatic carbocycles. The van der Waals surface area contributed by atoms with E-state index in [1.54, 1.807) is 0 Å². The lowest BCUT2D eigenvalue weighted by atomic mass is 10.1. The molecular formula is C11H13NO. The van der Waals surface area contributed by atoms with Gasteiger partial charge in [0.05, 0.1) is 0 Å². The summed E-state index contributed by atoms with van der Waals surface area (Å²) < 4.78 is 0. The van der Waals surface area contributed by atoms with E-state index in [1.165, 1.54) is 11.1 Å². The van der Waals surface area contributed by atoms with Crippen molar-refractivity contribution in [2.75, 3.05) is 5.32 Å². The number of carbonyl (C=O) groups is 1. The third kappa shape index (κ3) is 1.72. The molecule has 1 aliphatic rings. The summed E-state index contributed by atoms with van der Waals surface area (Å²) in [7, 11) is 0. The summed E-state index contributed by atoms with van der Waals surface area (Å²) in [6.07, 6.45) is 2.62. The zero-order valence-electron chi connectivity index (χ0n) is 7.76. The van der Waals surface area contributed by atoms with E-state index in [0.29, 0.717) is 6.42 Å². The monoisotopic (exact) mass is 175 g/mol. The van der Waals surface area contributed by atoms with E-state index in [-0.39, 0.29) is 5.91 Å². The van der Waals surface area contributed by atoms with Crippen LogP contribution in [0.15, 0.2) is 18.2 Å². The van der Waals surface area contributed by atoms with Crippen molar-refractivity contribution in [2.24, 2.45) is 0 Å². The molecule has 1 aliphatic heterocycles. The molecule has 68 valence electrons. The van der Waals surface area contributed by atoms with E-state index in [9.17, 15) is 4.79 Å². The highest BCUT2D eigenvalue weighted by Crippen LogP contribution is 2.22. The van der Waals surface area contributed by atoms with E-state index < -0.39 is 0 Å². The smallest absolute Gasteiger partial charge is 0.224 e. The van der Waals surface area contributed by atoms with Crippen LogP contribution in [-0.2, 0) is 11.2 Å². The largest absolute Gasteiger partial charge is 0.326 e. The SMILES string of the molecule is Cc1ccc2c(c1)NC(=O)CCC2. The first kappa shape index (κ1) is 8.30. The average molecular weight is 175 g/mol. The number of benzene rings is 1. The number of hydrogen-bond acceptors (Lipinski definition) is 1. The van der Waals surface area contributed by atoms with E-state index in [4.69, 9.17) is 0 Å². The highest BCUT2D eigenvalue weighted by molar-refractivity contribution is 5.92. The molecule has 2 heteroatoms. The third-order valence-electron chi connectivity index (χ3n) is 2.39.